The summed E-state index contributed by atoms with van der Waals surface area (Å²) >= 11 is 0. The first-order valence-electron chi connectivity index (χ1n) is 10.6. The van der Waals surface area contributed by atoms with E-state index in [9.17, 15) is 9.59 Å². The Morgan fingerprint density at radius 3 is 2.28 bits per heavy atom. The van der Waals surface area contributed by atoms with E-state index in [2.05, 4.69) is 39.8 Å². The Kier molecular flexibility index (Phi) is 7.28. The van der Waals surface area contributed by atoms with Crippen LogP contribution in [-0.4, -0.2) is 30.9 Å². The second-order valence-corrected chi connectivity index (χ2v) is 7.78. The predicted molar refractivity (Wildman–Crippen MR) is 117 cm³/mol. The monoisotopic (exact) mass is 393 g/mol. The molecule has 5 nitrogen and oxygen atoms in total. The second kappa shape index (κ2) is 10.1. The van der Waals surface area contributed by atoms with Crippen LogP contribution in [0.4, 0.5) is 5.69 Å². The molecule has 0 spiro atoms. The molecule has 2 aromatic carbocycles. The van der Waals surface area contributed by atoms with E-state index in [0.717, 1.165) is 25.1 Å². The summed E-state index contributed by atoms with van der Waals surface area (Å²) in [5, 5.41) is 5.90. The first kappa shape index (κ1) is 20.9. The van der Waals surface area contributed by atoms with E-state index >= 15 is 0 Å². The van der Waals surface area contributed by atoms with Gasteiger partial charge in [-0.25, -0.2) is 0 Å². The molecule has 1 aliphatic rings. The maximum Gasteiger partial charge on any atom is 0.251 e. The Morgan fingerprint density at radius 1 is 1.00 bits per heavy atom. The summed E-state index contributed by atoms with van der Waals surface area (Å²) in [4.78, 5) is 27.7. The number of carbonyl (C=O) groups excluding carboxylic acids is 2. The number of nitrogens with one attached hydrogen (secondary N) is 2. The molecule has 5 heteroatoms. The van der Waals surface area contributed by atoms with Gasteiger partial charge in [-0.3, -0.25) is 9.59 Å². The average molecular weight is 394 g/mol. The van der Waals surface area contributed by atoms with Crippen LogP contribution >= 0.6 is 0 Å². The highest BCUT2D eigenvalue weighted by molar-refractivity contribution is 5.97. The normalized spacial score (nSPS) is 15.6. The average Bonchev–Trinajstić information content (AvgIpc) is 3.31. The summed E-state index contributed by atoms with van der Waals surface area (Å²) in [6.45, 7) is 6.70. The first-order valence-corrected chi connectivity index (χ1v) is 10.6. The topological polar surface area (TPSA) is 61.4 Å². The molecular formula is C24H31N3O2. The third-order valence-electron chi connectivity index (χ3n) is 5.69. The van der Waals surface area contributed by atoms with Crippen molar-refractivity contribution in [3.63, 3.8) is 0 Å². The van der Waals surface area contributed by atoms with E-state index in [1.54, 1.807) is 12.1 Å². The predicted octanol–water partition coefficient (Wildman–Crippen LogP) is 3.75. The molecule has 0 aliphatic carbocycles. The van der Waals surface area contributed by atoms with E-state index < -0.39 is 6.04 Å². The van der Waals surface area contributed by atoms with Crippen molar-refractivity contribution in [2.75, 3.05) is 18.0 Å². The van der Waals surface area contributed by atoms with Crippen molar-refractivity contribution in [1.29, 1.82) is 0 Å². The molecule has 1 fully saturated rings. The summed E-state index contributed by atoms with van der Waals surface area (Å²) in [6.07, 6.45) is 3.31. The summed E-state index contributed by atoms with van der Waals surface area (Å²) in [5.41, 5.74) is 2.86. The number of benzene rings is 2. The van der Waals surface area contributed by atoms with Crippen LogP contribution in [0.1, 0.15) is 49.0 Å². The van der Waals surface area contributed by atoms with Crippen molar-refractivity contribution in [3.8, 4) is 0 Å². The van der Waals surface area contributed by atoms with Crippen LogP contribution in [0.5, 0.6) is 0 Å². The minimum Gasteiger partial charge on any atom is -0.372 e. The van der Waals surface area contributed by atoms with Gasteiger partial charge in [0.2, 0.25) is 5.91 Å². The van der Waals surface area contributed by atoms with Crippen molar-refractivity contribution >= 4 is 17.5 Å². The van der Waals surface area contributed by atoms with Crippen LogP contribution in [0, 0.1) is 5.92 Å². The van der Waals surface area contributed by atoms with Gasteiger partial charge < -0.3 is 15.5 Å². The lowest BCUT2D eigenvalue weighted by atomic mass is 9.97. The molecule has 154 valence electrons. The number of amides is 2. The van der Waals surface area contributed by atoms with E-state index in [0.29, 0.717) is 12.1 Å². The van der Waals surface area contributed by atoms with Crippen LogP contribution in [0.15, 0.2) is 54.6 Å². The number of rotatable bonds is 8. The van der Waals surface area contributed by atoms with Gasteiger partial charge in [-0.05, 0) is 48.6 Å². The van der Waals surface area contributed by atoms with Crippen molar-refractivity contribution in [2.24, 2.45) is 5.92 Å². The zero-order chi connectivity index (χ0) is 20.6. The Labute approximate surface area is 173 Å². The van der Waals surface area contributed by atoms with E-state index in [-0.39, 0.29) is 17.7 Å². The Bertz CT molecular complexity index is 799. The van der Waals surface area contributed by atoms with Gasteiger partial charge in [0.15, 0.2) is 0 Å². The molecule has 0 saturated carbocycles. The Balaban J connectivity index is 1.58. The lowest BCUT2D eigenvalue weighted by molar-refractivity contribution is -0.124. The molecule has 1 heterocycles. The molecule has 29 heavy (non-hydrogen) atoms. The van der Waals surface area contributed by atoms with Crippen LogP contribution in [-0.2, 0) is 11.3 Å². The van der Waals surface area contributed by atoms with E-state index in [4.69, 9.17) is 0 Å². The smallest absolute Gasteiger partial charge is 0.251 e. The lowest BCUT2D eigenvalue weighted by Gasteiger charge is -2.24. The zero-order valence-corrected chi connectivity index (χ0v) is 17.4. The third-order valence-corrected chi connectivity index (χ3v) is 5.69. The Hall–Kier alpha value is -2.82. The second-order valence-electron chi connectivity index (χ2n) is 7.78. The highest BCUT2D eigenvalue weighted by Crippen LogP contribution is 2.20. The molecular weight excluding hydrogens is 362 g/mol. The standard InChI is InChI=1S/C24H31N3O2/c1-3-18(2)22(26-23(28)20-9-5-4-6-10-20)24(29)25-17-19-11-13-21(14-12-19)27-15-7-8-16-27/h4-6,9-14,18,22H,3,7-8,15-17H2,1-2H3,(H,25,29)(H,26,28). The maximum absolute atomic E-state index is 12.8. The van der Waals surface area contributed by atoms with Gasteiger partial charge in [0.25, 0.3) is 5.91 Å². The van der Waals surface area contributed by atoms with Gasteiger partial charge in [-0.2, -0.15) is 0 Å². The number of carbonyl (C=O) groups is 2. The molecule has 2 atom stereocenters. The van der Waals surface area contributed by atoms with Gasteiger partial charge in [-0.15, -0.1) is 0 Å². The quantitative estimate of drug-likeness (QED) is 0.718. The van der Waals surface area contributed by atoms with Gasteiger partial charge in [0, 0.05) is 30.9 Å². The first-order chi connectivity index (χ1) is 14.1. The summed E-state index contributed by atoms with van der Waals surface area (Å²) in [7, 11) is 0. The fourth-order valence-corrected chi connectivity index (χ4v) is 3.62. The van der Waals surface area contributed by atoms with E-state index in [1.165, 1.54) is 18.5 Å². The highest BCUT2D eigenvalue weighted by Gasteiger charge is 2.26. The van der Waals surface area contributed by atoms with Gasteiger partial charge in [-0.1, -0.05) is 50.6 Å². The third kappa shape index (κ3) is 5.59. The molecule has 0 radical (unpaired) electrons. The zero-order valence-electron chi connectivity index (χ0n) is 17.4. The molecule has 2 N–H and O–H groups in total. The lowest BCUT2D eigenvalue weighted by Crippen LogP contribution is -2.50. The highest BCUT2D eigenvalue weighted by atomic mass is 16.2. The molecule has 0 aromatic heterocycles. The molecule has 3 rings (SSSR count). The Morgan fingerprint density at radius 2 is 1.66 bits per heavy atom. The van der Waals surface area contributed by atoms with Crippen LogP contribution in [0.25, 0.3) is 0 Å². The maximum atomic E-state index is 12.8. The summed E-state index contributed by atoms with van der Waals surface area (Å²) < 4.78 is 0. The SMILES string of the molecule is CCC(C)C(NC(=O)c1ccccc1)C(=O)NCc1ccc(N2CCCC2)cc1. The molecule has 2 unspecified atom stereocenters. The van der Waals surface area contributed by atoms with Crippen LogP contribution < -0.4 is 15.5 Å². The molecule has 2 amide bonds. The van der Waals surface area contributed by atoms with Crippen molar-refractivity contribution < 1.29 is 9.59 Å². The van der Waals surface area contributed by atoms with Gasteiger partial charge in [0.1, 0.15) is 6.04 Å². The molecule has 1 aliphatic heterocycles. The number of hydrogen-bond donors (Lipinski definition) is 2. The number of nitrogens with zero attached hydrogens (tertiary/aromatic N) is 1. The summed E-state index contributed by atoms with van der Waals surface area (Å²) in [5.74, 6) is -0.325. The molecule has 2 aromatic rings. The van der Waals surface area contributed by atoms with Crippen LogP contribution in [0.2, 0.25) is 0 Å². The summed E-state index contributed by atoms with van der Waals surface area (Å²) in [6, 6.07) is 16.8. The van der Waals surface area contributed by atoms with Crippen LogP contribution in [0.3, 0.4) is 0 Å². The molecule has 1 saturated heterocycles. The fraction of sp³-hybridized carbons (Fsp3) is 0.417. The van der Waals surface area contributed by atoms with Crippen molar-refractivity contribution in [3.05, 3.63) is 65.7 Å². The van der Waals surface area contributed by atoms with E-state index in [1.807, 2.05) is 32.0 Å². The van der Waals surface area contributed by atoms with Crippen molar-refractivity contribution in [2.45, 2.75) is 45.7 Å². The van der Waals surface area contributed by atoms with Crippen molar-refractivity contribution in [1.82, 2.24) is 10.6 Å². The minimum atomic E-state index is -0.559. The molecule has 0 bridgehead atoms. The number of hydrogen-bond acceptors (Lipinski definition) is 3. The number of anilines is 1. The fourth-order valence-electron chi connectivity index (χ4n) is 3.62. The van der Waals surface area contributed by atoms with Gasteiger partial charge in [0.05, 0.1) is 0 Å². The minimum absolute atomic E-state index is 0.0419. The van der Waals surface area contributed by atoms with Gasteiger partial charge >= 0.3 is 0 Å². The largest absolute Gasteiger partial charge is 0.372 e.